The van der Waals surface area contributed by atoms with Gasteiger partial charge in [-0.05, 0) is 63.5 Å². The fourth-order valence-electron chi connectivity index (χ4n) is 3.89. The molecule has 3 heteroatoms. The summed E-state index contributed by atoms with van der Waals surface area (Å²) in [5.41, 5.74) is 0. The van der Waals surface area contributed by atoms with Crippen molar-refractivity contribution in [2.75, 3.05) is 13.1 Å². The second kappa shape index (κ2) is 8.02. The standard InChI is InChI=1S/C17H32N2O/c1-13(16-9-6-10-18-12-16)11-17(20)19-14(2)15-7-4-3-5-8-15/h13-16,18H,3-12H2,1-2H3,(H,19,20). The van der Waals surface area contributed by atoms with Crippen molar-refractivity contribution in [3.05, 3.63) is 0 Å². The average molecular weight is 280 g/mol. The lowest BCUT2D eigenvalue weighted by Crippen LogP contribution is -2.41. The van der Waals surface area contributed by atoms with E-state index in [1.165, 1.54) is 44.9 Å². The summed E-state index contributed by atoms with van der Waals surface area (Å²) in [6, 6.07) is 0.361. The minimum absolute atomic E-state index is 0.265. The molecule has 3 atom stereocenters. The average Bonchev–Trinajstić information content (AvgIpc) is 2.49. The second-order valence-electron chi connectivity index (χ2n) is 7.04. The molecule has 1 aliphatic carbocycles. The molecule has 2 rings (SSSR count). The van der Waals surface area contributed by atoms with Crippen molar-refractivity contribution in [3.8, 4) is 0 Å². The number of piperidine rings is 1. The highest BCUT2D eigenvalue weighted by Gasteiger charge is 2.25. The highest BCUT2D eigenvalue weighted by atomic mass is 16.1. The first-order chi connectivity index (χ1) is 9.66. The van der Waals surface area contributed by atoms with E-state index < -0.39 is 0 Å². The molecule has 1 aliphatic heterocycles. The Morgan fingerprint density at radius 1 is 1.10 bits per heavy atom. The summed E-state index contributed by atoms with van der Waals surface area (Å²) < 4.78 is 0. The van der Waals surface area contributed by atoms with Crippen LogP contribution in [0.15, 0.2) is 0 Å². The first-order valence-electron chi connectivity index (χ1n) is 8.67. The molecule has 116 valence electrons. The van der Waals surface area contributed by atoms with Gasteiger partial charge in [-0.15, -0.1) is 0 Å². The van der Waals surface area contributed by atoms with Crippen LogP contribution in [0.25, 0.3) is 0 Å². The Labute approximate surface area is 124 Å². The van der Waals surface area contributed by atoms with Crippen LogP contribution in [0, 0.1) is 17.8 Å². The summed E-state index contributed by atoms with van der Waals surface area (Å²) >= 11 is 0. The van der Waals surface area contributed by atoms with Crippen LogP contribution in [0.3, 0.4) is 0 Å². The highest BCUT2D eigenvalue weighted by Crippen LogP contribution is 2.27. The van der Waals surface area contributed by atoms with Crippen molar-refractivity contribution < 1.29 is 4.79 Å². The van der Waals surface area contributed by atoms with E-state index in [4.69, 9.17) is 0 Å². The third kappa shape index (κ3) is 4.76. The smallest absolute Gasteiger partial charge is 0.220 e. The van der Waals surface area contributed by atoms with Gasteiger partial charge in [0.2, 0.25) is 5.91 Å². The van der Waals surface area contributed by atoms with Crippen molar-refractivity contribution in [2.24, 2.45) is 17.8 Å². The molecule has 1 saturated heterocycles. The van der Waals surface area contributed by atoms with Crippen LogP contribution in [0.2, 0.25) is 0 Å². The van der Waals surface area contributed by atoms with E-state index in [1.807, 2.05) is 0 Å². The summed E-state index contributed by atoms with van der Waals surface area (Å²) in [6.45, 7) is 6.67. The zero-order chi connectivity index (χ0) is 14.4. The van der Waals surface area contributed by atoms with Crippen molar-refractivity contribution >= 4 is 5.91 Å². The summed E-state index contributed by atoms with van der Waals surface area (Å²) in [4.78, 5) is 12.2. The van der Waals surface area contributed by atoms with Gasteiger partial charge in [-0.3, -0.25) is 4.79 Å². The van der Waals surface area contributed by atoms with Crippen molar-refractivity contribution in [3.63, 3.8) is 0 Å². The van der Waals surface area contributed by atoms with E-state index in [0.29, 0.717) is 30.2 Å². The molecule has 0 aromatic carbocycles. The van der Waals surface area contributed by atoms with Gasteiger partial charge in [0, 0.05) is 12.5 Å². The van der Waals surface area contributed by atoms with Crippen molar-refractivity contribution in [1.82, 2.24) is 10.6 Å². The first-order valence-corrected chi connectivity index (χ1v) is 8.67. The van der Waals surface area contributed by atoms with E-state index in [1.54, 1.807) is 0 Å². The minimum Gasteiger partial charge on any atom is -0.353 e. The van der Waals surface area contributed by atoms with Crippen LogP contribution < -0.4 is 10.6 Å². The molecule has 20 heavy (non-hydrogen) atoms. The number of hydrogen-bond donors (Lipinski definition) is 2. The molecule has 1 saturated carbocycles. The molecule has 1 heterocycles. The van der Waals surface area contributed by atoms with Gasteiger partial charge < -0.3 is 10.6 Å². The Morgan fingerprint density at radius 2 is 1.80 bits per heavy atom. The van der Waals surface area contributed by atoms with Crippen LogP contribution in [-0.4, -0.2) is 25.0 Å². The molecule has 2 fully saturated rings. The zero-order valence-electron chi connectivity index (χ0n) is 13.3. The SMILES string of the molecule is CC(CC(=O)NC(C)C1CCCCC1)C1CCCNC1. The Bertz CT molecular complexity index is 265. The Kier molecular flexibility index (Phi) is 6.34. The third-order valence-electron chi connectivity index (χ3n) is 5.39. The number of amides is 1. The van der Waals surface area contributed by atoms with Crippen molar-refractivity contribution in [1.29, 1.82) is 0 Å². The van der Waals surface area contributed by atoms with Crippen LogP contribution in [0.1, 0.15) is 65.2 Å². The molecule has 0 radical (unpaired) electrons. The number of rotatable bonds is 5. The van der Waals surface area contributed by atoms with Crippen LogP contribution in [0.4, 0.5) is 0 Å². The normalized spacial score (nSPS) is 27.8. The number of hydrogen-bond acceptors (Lipinski definition) is 2. The highest BCUT2D eigenvalue weighted by molar-refractivity contribution is 5.76. The predicted octanol–water partition coefficient (Wildman–Crippen LogP) is 3.10. The quantitative estimate of drug-likeness (QED) is 0.812. The fourth-order valence-corrected chi connectivity index (χ4v) is 3.89. The maximum Gasteiger partial charge on any atom is 0.220 e. The van der Waals surface area contributed by atoms with Gasteiger partial charge in [0.15, 0.2) is 0 Å². The largest absolute Gasteiger partial charge is 0.353 e. The minimum atomic E-state index is 0.265. The summed E-state index contributed by atoms with van der Waals surface area (Å²) in [5, 5.41) is 6.71. The lowest BCUT2D eigenvalue weighted by Gasteiger charge is -2.30. The maximum absolute atomic E-state index is 12.2. The molecule has 3 unspecified atom stereocenters. The Morgan fingerprint density at radius 3 is 2.45 bits per heavy atom. The van der Waals surface area contributed by atoms with E-state index in [-0.39, 0.29) is 5.91 Å². The molecular weight excluding hydrogens is 248 g/mol. The number of carbonyl (C=O) groups is 1. The summed E-state index contributed by atoms with van der Waals surface area (Å²) in [7, 11) is 0. The fraction of sp³-hybridized carbons (Fsp3) is 0.941. The number of carbonyl (C=O) groups excluding carboxylic acids is 1. The van der Waals surface area contributed by atoms with Crippen LogP contribution in [-0.2, 0) is 4.79 Å². The predicted molar refractivity (Wildman–Crippen MR) is 83.6 cm³/mol. The van der Waals surface area contributed by atoms with Crippen molar-refractivity contribution in [2.45, 2.75) is 71.3 Å². The number of nitrogens with one attached hydrogen (secondary N) is 2. The maximum atomic E-state index is 12.2. The molecule has 2 aliphatic rings. The second-order valence-corrected chi connectivity index (χ2v) is 7.04. The molecule has 2 N–H and O–H groups in total. The van der Waals surface area contributed by atoms with Gasteiger partial charge in [-0.25, -0.2) is 0 Å². The van der Waals surface area contributed by atoms with E-state index in [2.05, 4.69) is 24.5 Å². The van der Waals surface area contributed by atoms with Gasteiger partial charge >= 0.3 is 0 Å². The Hall–Kier alpha value is -0.570. The molecular formula is C17H32N2O. The topological polar surface area (TPSA) is 41.1 Å². The van der Waals surface area contributed by atoms with Gasteiger partial charge in [0.1, 0.15) is 0 Å². The summed E-state index contributed by atoms with van der Waals surface area (Å²) in [6.07, 6.45) is 9.89. The van der Waals surface area contributed by atoms with Gasteiger partial charge in [0.25, 0.3) is 0 Å². The third-order valence-corrected chi connectivity index (χ3v) is 5.39. The van der Waals surface area contributed by atoms with Gasteiger partial charge in [-0.2, -0.15) is 0 Å². The van der Waals surface area contributed by atoms with Crippen LogP contribution in [0.5, 0.6) is 0 Å². The molecule has 0 aromatic heterocycles. The van der Waals surface area contributed by atoms with Gasteiger partial charge in [-0.1, -0.05) is 26.2 Å². The molecule has 3 nitrogen and oxygen atoms in total. The Balaban J connectivity index is 1.70. The van der Waals surface area contributed by atoms with E-state index in [9.17, 15) is 4.79 Å². The van der Waals surface area contributed by atoms with E-state index in [0.717, 1.165) is 13.1 Å². The lowest BCUT2D eigenvalue weighted by atomic mass is 9.83. The van der Waals surface area contributed by atoms with Crippen LogP contribution >= 0.6 is 0 Å². The first kappa shape index (κ1) is 15.8. The van der Waals surface area contributed by atoms with Gasteiger partial charge in [0.05, 0.1) is 0 Å². The molecule has 1 amide bonds. The monoisotopic (exact) mass is 280 g/mol. The molecule has 0 bridgehead atoms. The van der Waals surface area contributed by atoms with E-state index >= 15 is 0 Å². The molecule has 0 spiro atoms. The lowest BCUT2D eigenvalue weighted by molar-refractivity contribution is -0.123. The molecule has 0 aromatic rings. The zero-order valence-corrected chi connectivity index (χ0v) is 13.3. The summed E-state index contributed by atoms with van der Waals surface area (Å²) in [5.74, 6) is 2.15.